The van der Waals surface area contributed by atoms with Crippen LogP contribution in [0.5, 0.6) is 5.75 Å². The van der Waals surface area contributed by atoms with Crippen LogP contribution < -0.4 is 9.46 Å². The summed E-state index contributed by atoms with van der Waals surface area (Å²) in [6, 6.07) is 16.9. The molecule has 0 unspecified atom stereocenters. The highest BCUT2D eigenvalue weighted by Crippen LogP contribution is 2.38. The van der Waals surface area contributed by atoms with Crippen molar-refractivity contribution in [2.75, 3.05) is 11.8 Å². The number of nitrogens with one attached hydrogen (secondary N) is 1. The molecule has 4 aromatic rings. The maximum atomic E-state index is 5.33. The number of nitrogens with zero attached hydrogens (tertiary/aromatic N) is 4. The molecular weight excluding hydrogens is 406 g/mol. The first-order valence-corrected chi connectivity index (χ1v) is 11.4. The van der Waals surface area contributed by atoms with Gasteiger partial charge in [0.25, 0.3) is 0 Å². The van der Waals surface area contributed by atoms with Gasteiger partial charge >= 0.3 is 0 Å². The first-order chi connectivity index (χ1) is 15.2. The van der Waals surface area contributed by atoms with Crippen LogP contribution in [0.15, 0.2) is 59.8 Å². The maximum Gasteiger partial charge on any atom is 0.167 e. The molecule has 1 aliphatic carbocycles. The summed E-state index contributed by atoms with van der Waals surface area (Å²) in [4.78, 5) is 15.3. The lowest BCUT2D eigenvalue weighted by Crippen LogP contribution is -2.07. The number of fused-ring (bicyclic) bond motifs is 1. The number of anilines is 1. The standard InChI is InChI=1S/C24H25N5OS/c1-16-7-13-20(14-8-16)31-28-22-21-24(26-15-25-22)29(18-5-3-4-6-18)23(27-21)17-9-11-19(30-2)12-10-17/h7-15,18H,3-6H2,1-2H3,(H,25,26,28). The van der Waals surface area contributed by atoms with Crippen LogP contribution in [0.3, 0.4) is 0 Å². The average Bonchev–Trinajstić information content (AvgIpc) is 3.46. The molecule has 2 aromatic heterocycles. The van der Waals surface area contributed by atoms with Gasteiger partial charge in [0.1, 0.15) is 17.9 Å². The zero-order valence-corrected chi connectivity index (χ0v) is 18.5. The zero-order valence-electron chi connectivity index (χ0n) is 17.7. The lowest BCUT2D eigenvalue weighted by molar-refractivity contribution is 0.415. The number of ether oxygens (including phenoxy) is 1. The summed E-state index contributed by atoms with van der Waals surface area (Å²) in [6.45, 7) is 2.09. The molecule has 0 amide bonds. The Hall–Kier alpha value is -3.06. The van der Waals surface area contributed by atoms with E-state index in [2.05, 4.69) is 62.6 Å². The van der Waals surface area contributed by atoms with Gasteiger partial charge < -0.3 is 14.0 Å². The maximum absolute atomic E-state index is 5.33. The molecule has 2 aromatic carbocycles. The monoisotopic (exact) mass is 431 g/mol. The fraction of sp³-hybridized carbons (Fsp3) is 0.292. The third-order valence-electron chi connectivity index (χ3n) is 5.80. The summed E-state index contributed by atoms with van der Waals surface area (Å²) in [5.74, 6) is 2.51. The van der Waals surface area contributed by atoms with Crippen molar-refractivity contribution in [2.24, 2.45) is 0 Å². The number of rotatable bonds is 6. The van der Waals surface area contributed by atoms with E-state index in [1.807, 2.05) is 12.1 Å². The summed E-state index contributed by atoms with van der Waals surface area (Å²) in [5, 5.41) is 0. The van der Waals surface area contributed by atoms with Crippen molar-refractivity contribution >= 4 is 28.9 Å². The molecule has 158 valence electrons. The smallest absolute Gasteiger partial charge is 0.167 e. The Morgan fingerprint density at radius 3 is 2.45 bits per heavy atom. The SMILES string of the molecule is COc1ccc(-c2nc3c(NSc4ccc(C)cc4)ncnc3n2C2CCCC2)cc1. The van der Waals surface area contributed by atoms with Gasteiger partial charge in [0.05, 0.1) is 7.11 Å². The second-order valence-electron chi connectivity index (χ2n) is 7.88. The second-order valence-corrected chi connectivity index (χ2v) is 8.76. The topological polar surface area (TPSA) is 64.9 Å². The van der Waals surface area contributed by atoms with Crippen molar-refractivity contribution in [1.29, 1.82) is 0 Å². The van der Waals surface area contributed by atoms with Crippen LogP contribution in [0.25, 0.3) is 22.6 Å². The molecule has 0 atom stereocenters. The van der Waals surface area contributed by atoms with Crippen LogP contribution in [0.4, 0.5) is 5.82 Å². The first-order valence-electron chi connectivity index (χ1n) is 10.6. The summed E-state index contributed by atoms with van der Waals surface area (Å²) in [5.41, 5.74) is 4.00. The molecule has 0 spiro atoms. The van der Waals surface area contributed by atoms with Crippen molar-refractivity contribution < 1.29 is 4.74 Å². The predicted octanol–water partition coefficient (Wildman–Crippen LogP) is 6.04. The molecule has 2 heterocycles. The third kappa shape index (κ3) is 3.97. The van der Waals surface area contributed by atoms with E-state index in [1.54, 1.807) is 13.4 Å². The van der Waals surface area contributed by atoms with Gasteiger partial charge in [-0.3, -0.25) is 0 Å². The Bertz CT molecular complexity index is 1180. The number of imidazole rings is 1. The van der Waals surface area contributed by atoms with E-state index in [-0.39, 0.29) is 0 Å². The van der Waals surface area contributed by atoms with Crippen molar-refractivity contribution in [3.63, 3.8) is 0 Å². The second kappa shape index (κ2) is 8.59. The summed E-state index contributed by atoms with van der Waals surface area (Å²) in [7, 11) is 1.68. The Morgan fingerprint density at radius 2 is 1.74 bits per heavy atom. The summed E-state index contributed by atoms with van der Waals surface area (Å²) < 4.78 is 11.0. The Morgan fingerprint density at radius 1 is 1.00 bits per heavy atom. The Balaban J connectivity index is 1.56. The molecular formula is C24H25N5OS. The van der Waals surface area contributed by atoms with Gasteiger partial charge in [0.2, 0.25) is 0 Å². The van der Waals surface area contributed by atoms with Gasteiger partial charge in [-0.2, -0.15) is 0 Å². The molecule has 1 N–H and O–H groups in total. The van der Waals surface area contributed by atoms with E-state index >= 15 is 0 Å². The molecule has 1 saturated carbocycles. The van der Waals surface area contributed by atoms with Crippen LogP contribution in [0, 0.1) is 6.92 Å². The highest BCUT2D eigenvalue weighted by Gasteiger charge is 2.25. The number of aromatic nitrogens is 4. The number of aryl methyl sites for hydroxylation is 1. The number of hydrogen-bond donors (Lipinski definition) is 1. The number of hydrogen-bond acceptors (Lipinski definition) is 6. The molecule has 0 aliphatic heterocycles. The largest absolute Gasteiger partial charge is 0.497 e. The molecule has 0 radical (unpaired) electrons. The van der Waals surface area contributed by atoms with Crippen molar-refractivity contribution in [3.8, 4) is 17.1 Å². The van der Waals surface area contributed by atoms with Gasteiger partial charge in [-0.25, -0.2) is 15.0 Å². The van der Waals surface area contributed by atoms with Crippen LogP contribution in [-0.2, 0) is 0 Å². The fourth-order valence-corrected chi connectivity index (χ4v) is 4.79. The zero-order chi connectivity index (χ0) is 21.2. The predicted molar refractivity (Wildman–Crippen MR) is 125 cm³/mol. The Kier molecular flexibility index (Phi) is 5.51. The molecule has 0 saturated heterocycles. The van der Waals surface area contributed by atoms with Crippen LogP contribution >= 0.6 is 11.9 Å². The summed E-state index contributed by atoms with van der Waals surface area (Å²) in [6.07, 6.45) is 6.42. The molecule has 1 fully saturated rings. The van der Waals surface area contributed by atoms with E-state index in [9.17, 15) is 0 Å². The lowest BCUT2D eigenvalue weighted by Gasteiger charge is -2.16. The van der Waals surface area contributed by atoms with Crippen molar-refractivity contribution in [2.45, 2.75) is 43.5 Å². The highest BCUT2D eigenvalue weighted by molar-refractivity contribution is 8.00. The highest BCUT2D eigenvalue weighted by atomic mass is 32.2. The van der Waals surface area contributed by atoms with Gasteiger partial charge in [-0.05, 0) is 68.1 Å². The molecule has 7 heteroatoms. The molecule has 5 rings (SSSR count). The van der Waals surface area contributed by atoms with Crippen molar-refractivity contribution in [1.82, 2.24) is 19.5 Å². The number of benzene rings is 2. The minimum Gasteiger partial charge on any atom is -0.497 e. The average molecular weight is 432 g/mol. The van der Waals surface area contributed by atoms with E-state index < -0.39 is 0 Å². The van der Waals surface area contributed by atoms with E-state index in [1.165, 1.54) is 30.4 Å². The van der Waals surface area contributed by atoms with E-state index in [0.717, 1.165) is 51.9 Å². The van der Waals surface area contributed by atoms with Crippen LogP contribution in [0.2, 0.25) is 0 Å². The fourth-order valence-electron chi connectivity index (χ4n) is 4.15. The quantitative estimate of drug-likeness (QED) is 0.375. The van der Waals surface area contributed by atoms with E-state index in [0.29, 0.717) is 6.04 Å². The van der Waals surface area contributed by atoms with Crippen molar-refractivity contribution in [3.05, 3.63) is 60.4 Å². The first kappa shape index (κ1) is 19.9. The number of methoxy groups -OCH3 is 1. The van der Waals surface area contributed by atoms with Crippen LogP contribution in [-0.4, -0.2) is 26.6 Å². The van der Waals surface area contributed by atoms with Crippen LogP contribution in [0.1, 0.15) is 37.3 Å². The third-order valence-corrected chi connectivity index (χ3v) is 6.60. The van der Waals surface area contributed by atoms with Gasteiger partial charge in [0, 0.05) is 16.5 Å². The minimum absolute atomic E-state index is 0.412. The minimum atomic E-state index is 0.412. The molecule has 1 aliphatic rings. The van der Waals surface area contributed by atoms with Gasteiger partial charge in [-0.15, -0.1) is 0 Å². The molecule has 31 heavy (non-hydrogen) atoms. The molecule has 0 bridgehead atoms. The lowest BCUT2D eigenvalue weighted by atomic mass is 10.1. The summed E-state index contributed by atoms with van der Waals surface area (Å²) >= 11 is 1.54. The van der Waals surface area contributed by atoms with E-state index in [4.69, 9.17) is 9.72 Å². The Labute approximate surface area is 186 Å². The van der Waals surface area contributed by atoms with Gasteiger partial charge in [-0.1, -0.05) is 30.5 Å². The van der Waals surface area contributed by atoms with Gasteiger partial charge in [0.15, 0.2) is 17.0 Å². The molecule has 6 nitrogen and oxygen atoms in total. The normalized spacial score (nSPS) is 14.3.